The first-order valence-electron chi connectivity index (χ1n) is 14.9. The highest BCUT2D eigenvalue weighted by molar-refractivity contribution is 6.24. The number of Topliss-reactive ketones (excluding diaryl/α,β-unsaturated/α-hetero) is 2. The van der Waals surface area contributed by atoms with Crippen molar-refractivity contribution in [2.45, 2.75) is 50.8 Å². The van der Waals surface area contributed by atoms with Crippen molar-refractivity contribution in [3.63, 3.8) is 0 Å². The van der Waals surface area contributed by atoms with E-state index < -0.39 is 58.0 Å². The van der Waals surface area contributed by atoms with Crippen LogP contribution in [0, 0.1) is 11.8 Å². The van der Waals surface area contributed by atoms with Crippen molar-refractivity contribution in [3.8, 4) is 11.5 Å². The van der Waals surface area contributed by atoms with E-state index in [4.69, 9.17) is 10.5 Å². The molecule has 12 heteroatoms. The Labute approximate surface area is 251 Å². The number of aliphatic hydroxyl groups excluding tert-OH is 2. The van der Waals surface area contributed by atoms with Gasteiger partial charge >= 0.3 is 0 Å². The number of amides is 1. The van der Waals surface area contributed by atoms with Gasteiger partial charge in [0.05, 0.1) is 18.7 Å². The number of hydrogen-bond donors (Lipinski definition) is 5. The molecule has 234 valence electrons. The number of phenolic OH excluding ortho intramolecular Hbond substituents is 1. The molecular formula is C31H42N4O8. The lowest BCUT2D eigenvalue weighted by molar-refractivity contribution is -0.153. The third-order valence-corrected chi connectivity index (χ3v) is 9.72. The van der Waals surface area contributed by atoms with Crippen LogP contribution in [0.4, 0.5) is 0 Å². The van der Waals surface area contributed by atoms with Crippen LogP contribution in [0.15, 0.2) is 23.0 Å². The van der Waals surface area contributed by atoms with Crippen LogP contribution in [0.3, 0.4) is 0 Å². The van der Waals surface area contributed by atoms with Gasteiger partial charge in [0.1, 0.15) is 28.6 Å². The fourth-order valence-corrected chi connectivity index (χ4v) is 7.61. The molecule has 1 aromatic rings. The molecule has 4 atom stereocenters. The zero-order valence-electron chi connectivity index (χ0n) is 25.2. The Morgan fingerprint density at radius 1 is 1.19 bits per heavy atom. The first kappa shape index (κ1) is 31.0. The molecule has 1 aromatic carbocycles. The number of aromatic hydroxyl groups is 1. The third kappa shape index (κ3) is 4.90. The van der Waals surface area contributed by atoms with Gasteiger partial charge in [0.15, 0.2) is 11.4 Å². The van der Waals surface area contributed by atoms with E-state index in [0.29, 0.717) is 17.9 Å². The third-order valence-electron chi connectivity index (χ3n) is 9.72. The number of methoxy groups -OCH3 is 1. The Hall–Kier alpha value is -3.45. The lowest BCUT2D eigenvalue weighted by atomic mass is 9.57. The van der Waals surface area contributed by atoms with Crippen LogP contribution in [-0.2, 0) is 27.3 Å². The molecule has 0 bridgehead atoms. The van der Waals surface area contributed by atoms with Gasteiger partial charge in [-0.1, -0.05) is 6.92 Å². The summed E-state index contributed by atoms with van der Waals surface area (Å²) in [5, 5.41) is 45.4. The molecule has 1 saturated carbocycles. The molecule has 1 saturated heterocycles. The van der Waals surface area contributed by atoms with Crippen molar-refractivity contribution >= 4 is 23.2 Å². The number of benzene rings is 1. The highest BCUT2D eigenvalue weighted by Crippen LogP contribution is 2.54. The Morgan fingerprint density at radius 3 is 2.44 bits per heavy atom. The van der Waals surface area contributed by atoms with E-state index in [0.717, 1.165) is 38.3 Å². The fraction of sp³-hybridized carbons (Fsp3) is 0.581. The predicted molar refractivity (Wildman–Crippen MR) is 157 cm³/mol. The van der Waals surface area contributed by atoms with Crippen LogP contribution in [0.2, 0.25) is 0 Å². The Kier molecular flexibility index (Phi) is 8.34. The smallest absolute Gasteiger partial charge is 0.255 e. The van der Waals surface area contributed by atoms with Crippen LogP contribution >= 0.6 is 0 Å². The van der Waals surface area contributed by atoms with E-state index >= 15 is 0 Å². The summed E-state index contributed by atoms with van der Waals surface area (Å²) >= 11 is 0. The number of nitrogens with zero attached hydrogens (tertiary/aromatic N) is 3. The number of likely N-dealkylation sites (tertiary alicyclic amines) is 1. The number of ether oxygens (including phenoxy) is 1. The molecule has 12 nitrogen and oxygen atoms in total. The number of likely N-dealkylation sites (N-methyl/N-ethyl adjacent to an activating group) is 2. The van der Waals surface area contributed by atoms with Crippen LogP contribution in [0.25, 0.3) is 5.76 Å². The predicted octanol–water partition coefficient (Wildman–Crippen LogP) is 0.890. The molecule has 0 aromatic heterocycles. The number of aliphatic hydroxyl groups is 3. The molecule has 6 N–H and O–H groups in total. The Bertz CT molecular complexity index is 1410. The second kappa shape index (κ2) is 11.6. The zero-order valence-corrected chi connectivity index (χ0v) is 25.2. The van der Waals surface area contributed by atoms with Gasteiger partial charge in [0.2, 0.25) is 5.78 Å². The van der Waals surface area contributed by atoms with Gasteiger partial charge < -0.3 is 35.8 Å². The number of fused-ring (bicyclic) bond motifs is 3. The number of carbonyl (C=O) groups is 3. The van der Waals surface area contributed by atoms with Gasteiger partial charge in [0.25, 0.3) is 5.91 Å². The van der Waals surface area contributed by atoms with E-state index in [2.05, 4.69) is 16.7 Å². The number of primary amides is 1. The second-order valence-corrected chi connectivity index (χ2v) is 12.3. The monoisotopic (exact) mass is 598 g/mol. The molecule has 0 radical (unpaired) electrons. The lowest BCUT2D eigenvalue weighted by Crippen LogP contribution is -2.65. The van der Waals surface area contributed by atoms with E-state index in [1.54, 1.807) is 14.1 Å². The molecule has 1 amide bonds. The summed E-state index contributed by atoms with van der Waals surface area (Å²) in [7, 11) is 4.67. The molecule has 1 heterocycles. The minimum atomic E-state index is -2.67. The van der Waals surface area contributed by atoms with Gasteiger partial charge in [-0.05, 0) is 71.4 Å². The molecule has 1 aliphatic heterocycles. The first-order valence-corrected chi connectivity index (χ1v) is 14.9. The maximum Gasteiger partial charge on any atom is 0.255 e. The van der Waals surface area contributed by atoms with Gasteiger partial charge in [-0.2, -0.15) is 0 Å². The summed E-state index contributed by atoms with van der Waals surface area (Å²) in [6.07, 6.45) is 2.63. The molecule has 4 aliphatic rings. The minimum absolute atomic E-state index is 0.0246. The normalized spacial score (nSPS) is 27.6. The topological polar surface area (TPSA) is 177 Å². The number of rotatable bonds is 9. The van der Waals surface area contributed by atoms with Crippen molar-refractivity contribution in [1.82, 2.24) is 14.7 Å². The molecule has 5 rings (SSSR count). The summed E-state index contributed by atoms with van der Waals surface area (Å²) in [5.74, 6) is -6.25. The van der Waals surface area contributed by atoms with Crippen molar-refractivity contribution in [1.29, 1.82) is 0 Å². The highest BCUT2D eigenvalue weighted by atomic mass is 16.5. The van der Waals surface area contributed by atoms with Crippen molar-refractivity contribution in [2.24, 2.45) is 17.6 Å². The van der Waals surface area contributed by atoms with Crippen molar-refractivity contribution < 1.29 is 39.5 Å². The van der Waals surface area contributed by atoms with Crippen LogP contribution in [0.1, 0.15) is 42.9 Å². The van der Waals surface area contributed by atoms with Crippen molar-refractivity contribution in [2.75, 3.05) is 53.9 Å². The van der Waals surface area contributed by atoms with E-state index in [9.17, 15) is 34.8 Å². The summed E-state index contributed by atoms with van der Waals surface area (Å²) in [6.45, 7) is 7.35. The van der Waals surface area contributed by atoms with Crippen LogP contribution in [0.5, 0.6) is 11.5 Å². The number of nitrogens with two attached hydrogens (primary N) is 1. The largest absolute Gasteiger partial charge is 0.508 e. The van der Waals surface area contributed by atoms with E-state index in [-0.39, 0.29) is 29.7 Å². The summed E-state index contributed by atoms with van der Waals surface area (Å²) in [6, 6.07) is 0.398. The number of carbonyl (C=O) groups excluding carboxylic acids is 3. The van der Waals surface area contributed by atoms with Gasteiger partial charge in [-0.25, -0.2) is 0 Å². The van der Waals surface area contributed by atoms with Crippen LogP contribution < -0.4 is 10.5 Å². The molecule has 2 fully saturated rings. The summed E-state index contributed by atoms with van der Waals surface area (Å²) in [4.78, 5) is 45.7. The number of ketones is 2. The number of phenols is 1. The SMILES string of the molecule is CCN(CCN1CCCC1)Cc1cc(O)c2c(c1OC)C[C@H]1C[C@H]3[C@H](N(C)C)C(=O)C(C(N)=O)=C(O)[C@@]3(O)C(=O)C1=C2O. The molecule has 0 unspecified atom stereocenters. The zero-order chi connectivity index (χ0) is 31.4. The standard InChI is InChI=1S/C31H42N4O8/c1-5-34(10-11-35-8-6-7-9-35)15-17-14-20(36)22-18(27(17)43-4)12-16-13-19-24(33(2)3)26(38)23(30(32)41)29(40)31(19,42)28(39)21(16)25(22)37/h14,16,19,24,36-37,40,42H,5-13,15H2,1-4H3,(H2,32,41)/t16-,19-,24-,31-/m0/s1. The molecular weight excluding hydrogens is 556 g/mol. The number of hydrogen-bond acceptors (Lipinski definition) is 11. The minimum Gasteiger partial charge on any atom is -0.508 e. The van der Waals surface area contributed by atoms with E-state index in [1.165, 1.54) is 30.9 Å². The van der Waals surface area contributed by atoms with Crippen molar-refractivity contribution in [3.05, 3.63) is 39.7 Å². The average molecular weight is 599 g/mol. The Balaban J connectivity index is 1.57. The average Bonchev–Trinajstić information content (AvgIpc) is 3.46. The fourth-order valence-electron chi connectivity index (χ4n) is 7.61. The van der Waals surface area contributed by atoms with Gasteiger partial charge in [-0.15, -0.1) is 0 Å². The summed E-state index contributed by atoms with van der Waals surface area (Å²) < 4.78 is 5.86. The van der Waals surface area contributed by atoms with Gasteiger partial charge in [0, 0.05) is 42.3 Å². The Morgan fingerprint density at radius 2 is 1.86 bits per heavy atom. The maximum atomic E-state index is 14.0. The second-order valence-electron chi connectivity index (χ2n) is 12.3. The van der Waals surface area contributed by atoms with Crippen LogP contribution in [-0.4, -0.2) is 118 Å². The molecule has 3 aliphatic carbocycles. The summed E-state index contributed by atoms with van der Waals surface area (Å²) in [5.41, 5.74) is 3.00. The molecule has 43 heavy (non-hydrogen) atoms. The maximum absolute atomic E-state index is 14.0. The van der Waals surface area contributed by atoms with Gasteiger partial charge in [-0.3, -0.25) is 24.2 Å². The van der Waals surface area contributed by atoms with E-state index in [1.807, 2.05) is 0 Å². The molecule has 0 spiro atoms. The highest BCUT2D eigenvalue weighted by Gasteiger charge is 2.64. The lowest BCUT2D eigenvalue weighted by Gasteiger charge is -2.50. The quantitative estimate of drug-likeness (QED) is 0.255. The first-order chi connectivity index (χ1) is 20.4.